The SMILES string of the molecule is C[C@@H]1COCCN1c1cc(=O)n2c(n1)N(CC(=O)C1(C)CCCC1)[C@H](C(F)(F)F)CC2. The number of ketones is 1. The average Bonchev–Trinajstić information content (AvgIpc) is 3.15. The van der Waals surface area contributed by atoms with E-state index in [1.807, 2.05) is 18.7 Å². The second-order valence-electron chi connectivity index (χ2n) is 9.19. The van der Waals surface area contributed by atoms with Crippen LogP contribution in [0.2, 0.25) is 0 Å². The lowest BCUT2D eigenvalue weighted by molar-refractivity contribution is -0.153. The maximum Gasteiger partial charge on any atom is 0.408 e. The Bertz CT molecular complexity index is 895. The Hall–Kier alpha value is -2.10. The average molecular weight is 442 g/mol. The van der Waals surface area contributed by atoms with Crippen LogP contribution in [0.5, 0.6) is 0 Å². The van der Waals surface area contributed by atoms with E-state index in [1.54, 1.807) is 0 Å². The van der Waals surface area contributed by atoms with Crippen molar-refractivity contribution in [2.45, 2.75) is 70.8 Å². The molecular formula is C21H29F3N4O3. The maximum atomic E-state index is 13.9. The van der Waals surface area contributed by atoms with Crippen LogP contribution in [-0.2, 0) is 16.1 Å². The van der Waals surface area contributed by atoms with Gasteiger partial charge >= 0.3 is 6.18 Å². The quantitative estimate of drug-likeness (QED) is 0.715. The lowest BCUT2D eigenvalue weighted by atomic mass is 9.83. The highest BCUT2D eigenvalue weighted by Crippen LogP contribution is 2.40. The smallest absolute Gasteiger partial charge is 0.377 e. The van der Waals surface area contributed by atoms with Gasteiger partial charge in [-0.15, -0.1) is 0 Å². The van der Waals surface area contributed by atoms with Gasteiger partial charge in [0.2, 0.25) is 5.95 Å². The van der Waals surface area contributed by atoms with Crippen LogP contribution in [-0.4, -0.2) is 59.9 Å². The van der Waals surface area contributed by atoms with Gasteiger partial charge in [-0.3, -0.25) is 14.2 Å². The van der Waals surface area contributed by atoms with Crippen molar-refractivity contribution in [3.05, 3.63) is 16.4 Å². The summed E-state index contributed by atoms with van der Waals surface area (Å²) in [7, 11) is 0. The molecule has 3 heterocycles. The number of ether oxygens (including phenoxy) is 1. The van der Waals surface area contributed by atoms with Crippen LogP contribution in [0.25, 0.3) is 0 Å². The number of anilines is 2. The van der Waals surface area contributed by atoms with Crippen LogP contribution in [0.4, 0.5) is 24.9 Å². The Morgan fingerprint density at radius 3 is 2.65 bits per heavy atom. The third-order valence-corrected chi connectivity index (χ3v) is 6.97. The molecule has 1 aromatic heterocycles. The molecule has 7 nitrogen and oxygen atoms in total. The third-order valence-electron chi connectivity index (χ3n) is 6.97. The van der Waals surface area contributed by atoms with E-state index in [2.05, 4.69) is 4.98 Å². The Morgan fingerprint density at radius 2 is 2.00 bits per heavy atom. The Balaban J connectivity index is 1.74. The van der Waals surface area contributed by atoms with Gasteiger partial charge < -0.3 is 14.5 Å². The first-order valence-electron chi connectivity index (χ1n) is 10.9. The number of nitrogens with zero attached hydrogens (tertiary/aromatic N) is 4. The summed E-state index contributed by atoms with van der Waals surface area (Å²) in [6.07, 6.45) is -1.64. The summed E-state index contributed by atoms with van der Waals surface area (Å²) < 4.78 is 48.5. The molecule has 2 aliphatic heterocycles. The highest BCUT2D eigenvalue weighted by Gasteiger charge is 2.49. The van der Waals surface area contributed by atoms with Crippen molar-refractivity contribution >= 4 is 17.5 Å². The second-order valence-corrected chi connectivity index (χ2v) is 9.19. The number of halogens is 3. The lowest BCUT2D eigenvalue weighted by Gasteiger charge is -2.41. The van der Waals surface area contributed by atoms with Gasteiger partial charge in [0.15, 0.2) is 5.78 Å². The zero-order valence-electron chi connectivity index (χ0n) is 18.0. The van der Waals surface area contributed by atoms with Gasteiger partial charge in [0.1, 0.15) is 11.9 Å². The van der Waals surface area contributed by atoms with Gasteiger partial charge in [-0.1, -0.05) is 19.8 Å². The van der Waals surface area contributed by atoms with Gasteiger partial charge in [0.25, 0.3) is 5.56 Å². The van der Waals surface area contributed by atoms with Gasteiger partial charge in [-0.05, 0) is 26.2 Å². The molecular weight excluding hydrogens is 413 g/mol. The van der Waals surface area contributed by atoms with Crippen molar-refractivity contribution in [2.24, 2.45) is 5.41 Å². The van der Waals surface area contributed by atoms with E-state index >= 15 is 0 Å². The fourth-order valence-electron chi connectivity index (χ4n) is 4.97. The molecule has 0 N–H and O–H groups in total. The van der Waals surface area contributed by atoms with Crippen molar-refractivity contribution < 1.29 is 22.7 Å². The van der Waals surface area contributed by atoms with E-state index in [0.29, 0.717) is 38.4 Å². The predicted molar refractivity (Wildman–Crippen MR) is 110 cm³/mol. The van der Waals surface area contributed by atoms with E-state index in [4.69, 9.17) is 4.74 Å². The van der Waals surface area contributed by atoms with E-state index < -0.39 is 29.7 Å². The molecule has 0 unspecified atom stereocenters. The summed E-state index contributed by atoms with van der Waals surface area (Å²) >= 11 is 0. The predicted octanol–water partition coefficient (Wildman–Crippen LogP) is 2.76. The standard InChI is InChI=1S/C21H29F3N4O3/c1-14-13-31-10-9-26(14)17-11-18(30)27-8-5-15(21(22,23)24)28(19(27)25-17)12-16(29)20(2)6-3-4-7-20/h11,14-15H,3-10,12-13H2,1-2H3/t14-,15+/m1/s1. The number of aromatic nitrogens is 2. The van der Waals surface area contributed by atoms with Crippen molar-refractivity contribution in [1.82, 2.24) is 9.55 Å². The Morgan fingerprint density at radius 1 is 1.29 bits per heavy atom. The lowest BCUT2D eigenvalue weighted by Crippen LogP contribution is -2.55. The molecule has 3 aliphatic rings. The monoisotopic (exact) mass is 442 g/mol. The second kappa shape index (κ2) is 8.11. The Labute approximate surface area is 179 Å². The molecule has 4 rings (SSSR count). The van der Waals surface area contributed by atoms with Gasteiger partial charge in [-0.2, -0.15) is 18.2 Å². The number of carbonyl (C=O) groups excluding carboxylic acids is 1. The summed E-state index contributed by atoms with van der Waals surface area (Å²) in [6, 6.07) is -0.527. The maximum absolute atomic E-state index is 13.9. The number of alkyl halides is 3. The van der Waals surface area contributed by atoms with Crippen molar-refractivity contribution in [1.29, 1.82) is 0 Å². The molecule has 2 atom stereocenters. The fraction of sp³-hybridized carbons (Fsp3) is 0.762. The third kappa shape index (κ3) is 4.18. The normalized spacial score (nSPS) is 26.1. The van der Waals surface area contributed by atoms with E-state index in [9.17, 15) is 22.8 Å². The fourth-order valence-corrected chi connectivity index (χ4v) is 4.97. The zero-order valence-corrected chi connectivity index (χ0v) is 18.0. The molecule has 0 aromatic carbocycles. The molecule has 1 saturated carbocycles. The zero-order chi connectivity index (χ0) is 22.4. The minimum absolute atomic E-state index is 0.0572. The van der Waals surface area contributed by atoms with Crippen LogP contribution in [0.15, 0.2) is 10.9 Å². The van der Waals surface area contributed by atoms with Gasteiger partial charge in [-0.25, -0.2) is 0 Å². The summed E-state index contributed by atoms with van der Waals surface area (Å²) in [5, 5.41) is 0. The van der Waals surface area contributed by atoms with Gasteiger partial charge in [0.05, 0.1) is 25.8 Å². The molecule has 0 spiro atoms. The van der Waals surface area contributed by atoms with E-state index in [0.717, 1.165) is 17.7 Å². The molecule has 0 amide bonds. The van der Waals surface area contributed by atoms with Crippen LogP contribution in [0.1, 0.15) is 46.0 Å². The van der Waals surface area contributed by atoms with Crippen molar-refractivity contribution in [2.75, 3.05) is 36.1 Å². The number of rotatable bonds is 4. The highest BCUT2D eigenvalue weighted by molar-refractivity contribution is 5.88. The summed E-state index contributed by atoms with van der Waals surface area (Å²) in [5.74, 6) is 0.0520. The van der Waals surface area contributed by atoms with Crippen LogP contribution >= 0.6 is 0 Å². The molecule has 1 aliphatic carbocycles. The van der Waals surface area contributed by atoms with E-state index in [-0.39, 0.29) is 30.7 Å². The molecule has 172 valence electrons. The van der Waals surface area contributed by atoms with Crippen LogP contribution < -0.4 is 15.4 Å². The van der Waals surface area contributed by atoms with Crippen LogP contribution in [0.3, 0.4) is 0 Å². The highest BCUT2D eigenvalue weighted by atomic mass is 19.4. The largest absolute Gasteiger partial charge is 0.408 e. The molecule has 1 aromatic rings. The van der Waals surface area contributed by atoms with Crippen LogP contribution in [0, 0.1) is 5.41 Å². The molecule has 0 bridgehead atoms. The molecule has 1 saturated heterocycles. The first kappa shape index (κ1) is 22.1. The van der Waals surface area contributed by atoms with E-state index in [1.165, 1.54) is 10.6 Å². The minimum atomic E-state index is -4.53. The van der Waals surface area contributed by atoms with Gasteiger partial charge in [0, 0.05) is 24.6 Å². The number of fused-ring (bicyclic) bond motifs is 1. The summed E-state index contributed by atoms with van der Waals surface area (Å²) in [6.45, 7) is 4.68. The first-order chi connectivity index (χ1) is 14.6. The van der Waals surface area contributed by atoms with Crippen molar-refractivity contribution in [3.63, 3.8) is 0 Å². The molecule has 10 heteroatoms. The summed E-state index contributed by atoms with van der Waals surface area (Å²) in [5.41, 5.74) is -1.02. The minimum Gasteiger partial charge on any atom is -0.377 e. The number of Topliss-reactive ketones (excluding diaryl/α,β-unsaturated/α-hetero) is 1. The molecule has 31 heavy (non-hydrogen) atoms. The summed E-state index contributed by atoms with van der Waals surface area (Å²) in [4.78, 5) is 33.3. The first-order valence-corrected chi connectivity index (χ1v) is 10.9. The number of morpholine rings is 1. The topological polar surface area (TPSA) is 67.7 Å². The number of carbonyl (C=O) groups is 1. The molecule has 0 radical (unpaired) electrons. The Kier molecular flexibility index (Phi) is 5.78. The number of hydrogen-bond acceptors (Lipinski definition) is 6. The molecule has 2 fully saturated rings. The number of hydrogen-bond donors (Lipinski definition) is 0. The van der Waals surface area contributed by atoms with Crippen molar-refractivity contribution in [3.8, 4) is 0 Å².